The summed E-state index contributed by atoms with van der Waals surface area (Å²) >= 11 is 12.0. The van der Waals surface area contributed by atoms with Crippen molar-refractivity contribution in [3.05, 3.63) is 94.3 Å². The molecule has 0 bridgehead atoms. The number of anilines is 2. The van der Waals surface area contributed by atoms with Gasteiger partial charge in [0.25, 0.3) is 0 Å². The molecule has 2 saturated heterocycles. The third-order valence-electron chi connectivity index (χ3n) is 8.09. The maximum Gasteiger partial charge on any atom is 0.335 e. The zero-order valence-electron chi connectivity index (χ0n) is 22.1. The van der Waals surface area contributed by atoms with Crippen molar-refractivity contribution >= 4 is 52.4 Å². The molecule has 8 nitrogen and oxygen atoms in total. The molecule has 11 heteroatoms. The lowest BCUT2D eigenvalue weighted by Gasteiger charge is -2.45. The Balaban J connectivity index is 1.63. The van der Waals surface area contributed by atoms with Gasteiger partial charge in [-0.05, 0) is 54.1 Å². The number of methoxy groups -OCH3 is 1. The summed E-state index contributed by atoms with van der Waals surface area (Å²) in [7, 11) is 1.54. The molecule has 2 aromatic rings. The second kappa shape index (κ2) is 11.4. The number of carboxylic acids is 1. The minimum absolute atomic E-state index is 0.0819. The first-order chi connectivity index (χ1) is 19.6. The van der Waals surface area contributed by atoms with Crippen molar-refractivity contribution in [1.82, 2.24) is 4.90 Å². The Morgan fingerprint density at radius 3 is 2.66 bits per heavy atom. The monoisotopic (exact) mass is 599 g/mol. The topological polar surface area (TPSA) is 99.2 Å². The number of carboxylic acid groups (broad SMARTS) is 1. The SMILES string of the molecule is C=C(Cl)/C=C\C=C(/F)[C@H]1[C@@H]2C(=O)N(c3ccc(C(=O)O)cc3)C[C@@H]2N(CCOC)[C@]12Cc1ccc(Cl)cc1NC2=O. The van der Waals surface area contributed by atoms with Crippen molar-refractivity contribution in [3.63, 3.8) is 0 Å². The predicted octanol–water partition coefficient (Wildman–Crippen LogP) is 5.04. The molecule has 1 spiro atoms. The van der Waals surface area contributed by atoms with Crippen molar-refractivity contribution in [3.8, 4) is 0 Å². The van der Waals surface area contributed by atoms with Gasteiger partial charge in [0.15, 0.2) is 0 Å². The number of nitrogens with one attached hydrogen (secondary N) is 1. The zero-order chi connectivity index (χ0) is 29.5. The number of hydrogen-bond donors (Lipinski definition) is 2. The average molecular weight is 600 g/mol. The van der Waals surface area contributed by atoms with E-state index in [-0.39, 0.29) is 42.6 Å². The number of ether oxygens (including phenoxy) is 1. The van der Waals surface area contributed by atoms with Gasteiger partial charge in [-0.15, -0.1) is 0 Å². The lowest BCUT2D eigenvalue weighted by atomic mass is 9.72. The number of amides is 2. The van der Waals surface area contributed by atoms with Crippen LogP contribution in [-0.2, 0) is 20.7 Å². The highest BCUT2D eigenvalue weighted by molar-refractivity contribution is 6.31. The maximum atomic E-state index is 16.4. The van der Waals surface area contributed by atoms with E-state index < -0.39 is 41.1 Å². The van der Waals surface area contributed by atoms with E-state index in [1.807, 2.05) is 4.90 Å². The van der Waals surface area contributed by atoms with Gasteiger partial charge in [0.2, 0.25) is 11.8 Å². The maximum absolute atomic E-state index is 16.4. The number of hydrogen-bond acceptors (Lipinski definition) is 5. The average Bonchev–Trinajstić information content (AvgIpc) is 3.39. The normalized spacial score (nSPS) is 26.0. The van der Waals surface area contributed by atoms with Gasteiger partial charge in [0, 0.05) is 54.1 Å². The van der Waals surface area contributed by atoms with E-state index >= 15 is 4.39 Å². The van der Waals surface area contributed by atoms with Gasteiger partial charge in [-0.1, -0.05) is 41.9 Å². The Kier molecular flexibility index (Phi) is 8.07. The van der Waals surface area contributed by atoms with Crippen LogP contribution in [0.25, 0.3) is 0 Å². The molecule has 214 valence electrons. The van der Waals surface area contributed by atoms with Gasteiger partial charge in [0.05, 0.1) is 24.0 Å². The van der Waals surface area contributed by atoms with E-state index in [1.165, 1.54) is 42.4 Å². The fourth-order valence-electron chi connectivity index (χ4n) is 6.39. The molecular weight excluding hydrogens is 572 g/mol. The molecule has 3 aliphatic heterocycles. The Morgan fingerprint density at radius 1 is 1.27 bits per heavy atom. The van der Waals surface area contributed by atoms with Crippen LogP contribution in [0.5, 0.6) is 0 Å². The lowest BCUT2D eigenvalue weighted by molar-refractivity contribution is -0.130. The fourth-order valence-corrected chi connectivity index (χ4v) is 6.63. The number of allylic oxidation sites excluding steroid dienone is 4. The van der Waals surface area contributed by atoms with E-state index in [2.05, 4.69) is 11.9 Å². The summed E-state index contributed by atoms with van der Waals surface area (Å²) in [5.41, 5.74) is 0.455. The molecule has 2 N–H and O–H groups in total. The van der Waals surface area contributed by atoms with Crippen molar-refractivity contribution in [2.24, 2.45) is 11.8 Å². The van der Waals surface area contributed by atoms with E-state index in [0.717, 1.165) is 5.56 Å². The largest absolute Gasteiger partial charge is 0.478 e. The number of carbonyl (C=O) groups excluding carboxylic acids is 2. The Hall–Kier alpha value is -3.50. The van der Waals surface area contributed by atoms with Gasteiger partial charge in [0.1, 0.15) is 11.4 Å². The molecule has 3 heterocycles. The summed E-state index contributed by atoms with van der Waals surface area (Å²) in [6.45, 7) is 4.28. The highest BCUT2D eigenvalue weighted by atomic mass is 35.5. The van der Waals surface area contributed by atoms with E-state index in [4.69, 9.17) is 27.9 Å². The number of aromatic carboxylic acids is 1. The highest BCUT2D eigenvalue weighted by Gasteiger charge is 2.69. The number of rotatable bonds is 8. The molecular formula is C30H28Cl2FN3O5. The van der Waals surface area contributed by atoms with Crippen LogP contribution in [0.1, 0.15) is 15.9 Å². The van der Waals surface area contributed by atoms with Crippen LogP contribution in [0.2, 0.25) is 5.02 Å². The van der Waals surface area contributed by atoms with Crippen molar-refractivity contribution in [1.29, 1.82) is 0 Å². The smallest absolute Gasteiger partial charge is 0.335 e. The van der Waals surface area contributed by atoms with Crippen LogP contribution in [0.3, 0.4) is 0 Å². The molecule has 2 aromatic carbocycles. The van der Waals surface area contributed by atoms with Crippen LogP contribution < -0.4 is 10.2 Å². The minimum Gasteiger partial charge on any atom is -0.478 e. The summed E-state index contributed by atoms with van der Waals surface area (Å²) in [6, 6.07) is 10.6. The van der Waals surface area contributed by atoms with Crippen LogP contribution in [0.4, 0.5) is 15.8 Å². The first kappa shape index (κ1) is 29.0. The molecule has 41 heavy (non-hydrogen) atoms. The molecule has 3 aliphatic rings. The van der Waals surface area contributed by atoms with Gasteiger partial charge in [-0.2, -0.15) is 0 Å². The molecule has 0 unspecified atom stereocenters. The van der Waals surface area contributed by atoms with Crippen molar-refractivity contribution < 1.29 is 28.6 Å². The van der Waals surface area contributed by atoms with Gasteiger partial charge < -0.3 is 20.1 Å². The molecule has 2 amide bonds. The predicted molar refractivity (Wildman–Crippen MR) is 155 cm³/mol. The molecule has 4 atom stereocenters. The Morgan fingerprint density at radius 2 is 2.00 bits per heavy atom. The first-order valence-electron chi connectivity index (χ1n) is 13.0. The standard InChI is InChI=1S/C30H28Cl2FN3O5/c1-17(31)4-3-5-22(33)26-25-24(16-35(27(25)37)21-10-7-18(8-11-21)28(38)39)36(12-13-41-2)30(26)15-19-6-9-20(32)14-23(19)34-29(30)40/h3-11,14,24-26H,1,12-13,15-16H2,2H3,(H,34,40)(H,38,39)/b4-3-,22-5-/t24-,25+,26-,30+/m0/s1. The van der Waals surface area contributed by atoms with Crippen LogP contribution in [0.15, 0.2) is 78.1 Å². The zero-order valence-corrected chi connectivity index (χ0v) is 23.7. The summed E-state index contributed by atoms with van der Waals surface area (Å²) in [6.07, 6.45) is 4.20. The van der Waals surface area contributed by atoms with Crippen molar-refractivity contribution in [2.75, 3.05) is 37.0 Å². The molecule has 2 fully saturated rings. The number of fused-ring (bicyclic) bond motifs is 2. The molecule has 0 radical (unpaired) electrons. The third-order valence-corrected chi connectivity index (χ3v) is 8.45. The second-order valence-electron chi connectivity index (χ2n) is 10.3. The Labute approximate surface area is 246 Å². The minimum atomic E-state index is -1.43. The molecule has 0 aliphatic carbocycles. The molecule has 5 rings (SSSR count). The summed E-state index contributed by atoms with van der Waals surface area (Å²) in [5.74, 6) is -4.56. The number of halogens is 3. The van der Waals surface area contributed by atoms with Gasteiger partial charge in [-0.3, -0.25) is 14.5 Å². The summed E-state index contributed by atoms with van der Waals surface area (Å²) in [5, 5.41) is 12.9. The molecule has 0 saturated carbocycles. The second-order valence-corrected chi connectivity index (χ2v) is 11.2. The Bertz CT molecular complexity index is 1480. The number of carbonyl (C=O) groups is 3. The number of nitrogens with zero attached hydrogens (tertiary/aromatic N) is 2. The van der Waals surface area contributed by atoms with Gasteiger partial charge >= 0.3 is 5.97 Å². The summed E-state index contributed by atoms with van der Waals surface area (Å²) < 4.78 is 21.8. The van der Waals surface area contributed by atoms with Crippen LogP contribution >= 0.6 is 23.2 Å². The van der Waals surface area contributed by atoms with E-state index in [0.29, 0.717) is 16.4 Å². The quantitative estimate of drug-likeness (QED) is 0.412. The summed E-state index contributed by atoms with van der Waals surface area (Å²) in [4.78, 5) is 43.0. The van der Waals surface area contributed by atoms with E-state index in [9.17, 15) is 19.5 Å². The number of benzene rings is 2. The molecule has 0 aromatic heterocycles. The highest BCUT2D eigenvalue weighted by Crippen LogP contribution is 2.54. The lowest BCUT2D eigenvalue weighted by Crippen LogP contribution is -2.63. The van der Waals surface area contributed by atoms with Gasteiger partial charge in [-0.25, -0.2) is 9.18 Å². The number of likely N-dealkylation sites (tertiary alicyclic amines) is 1. The van der Waals surface area contributed by atoms with Crippen molar-refractivity contribution in [2.45, 2.75) is 18.0 Å². The first-order valence-corrected chi connectivity index (χ1v) is 13.7. The van der Waals surface area contributed by atoms with Crippen LogP contribution in [-0.4, -0.2) is 66.2 Å². The van der Waals surface area contributed by atoms with Crippen LogP contribution in [0, 0.1) is 11.8 Å². The third kappa shape index (κ3) is 5.08. The fraction of sp³-hybridized carbons (Fsp3) is 0.300. The van der Waals surface area contributed by atoms with E-state index in [1.54, 1.807) is 30.3 Å².